The lowest BCUT2D eigenvalue weighted by atomic mass is 10.1. The van der Waals surface area contributed by atoms with E-state index in [1.54, 1.807) is 24.3 Å². The van der Waals surface area contributed by atoms with Crippen LogP contribution in [0.15, 0.2) is 24.3 Å². The number of hydrogen-bond acceptors (Lipinski definition) is 6. The molecule has 2 aliphatic heterocycles. The van der Waals surface area contributed by atoms with Crippen molar-refractivity contribution in [2.24, 2.45) is 5.73 Å². The van der Waals surface area contributed by atoms with Crippen LogP contribution in [0, 0.1) is 0 Å². The second-order valence-electron chi connectivity index (χ2n) is 7.88. The van der Waals surface area contributed by atoms with Crippen molar-refractivity contribution in [2.75, 3.05) is 11.9 Å². The van der Waals surface area contributed by atoms with Gasteiger partial charge in [-0.05, 0) is 25.3 Å². The van der Waals surface area contributed by atoms with Crippen LogP contribution in [0.2, 0.25) is 0 Å². The Hall–Kier alpha value is -3.47. The molecule has 172 valence electrons. The Balaban J connectivity index is 1.71. The Morgan fingerprint density at radius 1 is 1.19 bits per heavy atom. The molecular weight excluding hydrogens is 418 g/mol. The number of aliphatic hydroxyl groups excluding tert-OH is 1. The maximum atomic E-state index is 13.2. The molecule has 3 atom stereocenters. The number of primary amides is 1. The van der Waals surface area contributed by atoms with Crippen molar-refractivity contribution >= 4 is 35.2 Å². The molecular formula is C21H27N5O6. The molecule has 0 bridgehead atoms. The Bertz CT molecular complexity index is 920. The fourth-order valence-corrected chi connectivity index (χ4v) is 3.98. The summed E-state index contributed by atoms with van der Waals surface area (Å²) in [4.78, 5) is 62.8. The molecule has 0 aliphatic carbocycles. The van der Waals surface area contributed by atoms with Gasteiger partial charge in [-0.2, -0.15) is 0 Å². The van der Waals surface area contributed by atoms with Crippen LogP contribution < -0.4 is 21.7 Å². The van der Waals surface area contributed by atoms with Gasteiger partial charge in [-0.15, -0.1) is 0 Å². The smallest absolute Gasteiger partial charge is 0.247 e. The number of carbonyl (C=O) groups is 5. The van der Waals surface area contributed by atoms with Crippen LogP contribution in [-0.2, 0) is 30.6 Å². The number of hydrogen-bond donors (Lipinski definition) is 5. The summed E-state index contributed by atoms with van der Waals surface area (Å²) < 4.78 is 0. The van der Waals surface area contributed by atoms with Gasteiger partial charge in [-0.25, -0.2) is 0 Å². The van der Waals surface area contributed by atoms with Gasteiger partial charge in [0.15, 0.2) is 0 Å². The highest BCUT2D eigenvalue weighted by Gasteiger charge is 2.39. The molecule has 3 rings (SSSR count). The minimum absolute atomic E-state index is 0.205. The van der Waals surface area contributed by atoms with Gasteiger partial charge in [0, 0.05) is 24.2 Å². The van der Waals surface area contributed by atoms with Crippen LogP contribution in [0.25, 0.3) is 0 Å². The molecule has 2 fully saturated rings. The SMILES string of the molecule is NC(=O)CC(NC(=O)C1CCC(=O)N1)C(=O)N1CCCC1C(=O)Nc1ccccc1CO. The highest BCUT2D eigenvalue weighted by molar-refractivity contribution is 6.00. The minimum atomic E-state index is -1.24. The first-order valence-electron chi connectivity index (χ1n) is 10.5. The third-order valence-corrected chi connectivity index (χ3v) is 5.62. The molecule has 0 aromatic heterocycles. The van der Waals surface area contributed by atoms with Crippen molar-refractivity contribution in [2.45, 2.75) is 56.8 Å². The summed E-state index contributed by atoms with van der Waals surface area (Å²) in [6.45, 7) is 0.0258. The van der Waals surface area contributed by atoms with Crippen LogP contribution in [0.4, 0.5) is 5.69 Å². The first kappa shape index (κ1) is 23.2. The van der Waals surface area contributed by atoms with Gasteiger partial charge in [0.05, 0.1) is 13.0 Å². The molecule has 2 saturated heterocycles. The minimum Gasteiger partial charge on any atom is -0.392 e. The predicted molar refractivity (Wildman–Crippen MR) is 113 cm³/mol. The third-order valence-electron chi connectivity index (χ3n) is 5.62. The first-order valence-corrected chi connectivity index (χ1v) is 10.5. The number of amides is 5. The molecule has 3 unspecified atom stereocenters. The molecule has 1 aromatic rings. The van der Waals surface area contributed by atoms with Gasteiger partial charge in [-0.1, -0.05) is 18.2 Å². The Kier molecular flexibility index (Phi) is 7.41. The van der Waals surface area contributed by atoms with Gasteiger partial charge in [-0.3, -0.25) is 24.0 Å². The molecule has 1 aromatic carbocycles. The lowest BCUT2D eigenvalue weighted by Crippen LogP contribution is -2.56. The zero-order valence-electron chi connectivity index (χ0n) is 17.5. The average Bonchev–Trinajstić information content (AvgIpc) is 3.42. The molecule has 0 spiro atoms. The molecule has 11 heteroatoms. The maximum Gasteiger partial charge on any atom is 0.247 e. The first-order chi connectivity index (χ1) is 15.3. The molecule has 2 aliphatic rings. The van der Waals surface area contributed by atoms with Crippen LogP contribution >= 0.6 is 0 Å². The van der Waals surface area contributed by atoms with E-state index in [1.165, 1.54) is 4.90 Å². The van der Waals surface area contributed by atoms with Gasteiger partial charge in [0.1, 0.15) is 18.1 Å². The number of rotatable bonds is 8. The van der Waals surface area contributed by atoms with E-state index in [-0.39, 0.29) is 25.5 Å². The fraction of sp³-hybridized carbons (Fsp3) is 0.476. The van der Waals surface area contributed by atoms with E-state index >= 15 is 0 Å². The van der Waals surface area contributed by atoms with E-state index in [1.807, 2.05) is 0 Å². The standard InChI is InChI=1S/C21H27N5O6/c22-17(28)10-15(25-19(30)14-7-8-18(29)23-14)21(32)26-9-3-6-16(26)20(31)24-13-5-2-1-4-12(13)11-27/h1-2,4-5,14-16,27H,3,6-11H2,(H2,22,28)(H,23,29)(H,24,31)(H,25,30). The van der Waals surface area contributed by atoms with E-state index in [4.69, 9.17) is 5.73 Å². The topological polar surface area (TPSA) is 171 Å². The number of nitrogens with zero attached hydrogens (tertiary/aromatic N) is 1. The number of nitrogens with one attached hydrogen (secondary N) is 3. The molecule has 6 N–H and O–H groups in total. The number of likely N-dealkylation sites (tertiary alicyclic amines) is 1. The molecule has 32 heavy (non-hydrogen) atoms. The number of anilines is 1. The number of carbonyl (C=O) groups excluding carboxylic acids is 5. The third kappa shape index (κ3) is 5.41. The summed E-state index contributed by atoms with van der Waals surface area (Å²) in [6.07, 6.45) is 1.05. The molecule has 2 heterocycles. The van der Waals surface area contributed by atoms with Crippen LogP contribution in [0.1, 0.15) is 37.7 Å². The number of para-hydroxylation sites is 1. The largest absolute Gasteiger partial charge is 0.392 e. The van der Waals surface area contributed by atoms with Gasteiger partial charge >= 0.3 is 0 Å². The number of benzene rings is 1. The molecule has 0 radical (unpaired) electrons. The monoisotopic (exact) mass is 445 g/mol. The Labute approximate surface area is 184 Å². The molecule has 5 amide bonds. The summed E-state index contributed by atoms with van der Waals surface area (Å²) in [5, 5.41) is 17.2. The van der Waals surface area contributed by atoms with Gasteiger partial charge in [0.2, 0.25) is 29.5 Å². The van der Waals surface area contributed by atoms with Crippen molar-refractivity contribution in [3.8, 4) is 0 Å². The quantitative estimate of drug-likeness (QED) is 0.334. The van der Waals surface area contributed by atoms with Crippen molar-refractivity contribution in [3.05, 3.63) is 29.8 Å². The van der Waals surface area contributed by atoms with Crippen LogP contribution in [0.5, 0.6) is 0 Å². The van der Waals surface area contributed by atoms with Crippen molar-refractivity contribution in [1.29, 1.82) is 0 Å². The van der Waals surface area contributed by atoms with E-state index in [9.17, 15) is 29.1 Å². The van der Waals surface area contributed by atoms with Gasteiger partial charge in [0.25, 0.3) is 0 Å². The lowest BCUT2D eigenvalue weighted by molar-refractivity contribution is -0.141. The number of nitrogens with two attached hydrogens (primary N) is 1. The van der Waals surface area contributed by atoms with Gasteiger partial charge < -0.3 is 31.7 Å². The Morgan fingerprint density at radius 2 is 1.94 bits per heavy atom. The maximum absolute atomic E-state index is 13.2. The van der Waals surface area contributed by atoms with Crippen molar-refractivity contribution < 1.29 is 29.1 Å². The summed E-state index contributed by atoms with van der Waals surface area (Å²) in [7, 11) is 0. The summed E-state index contributed by atoms with van der Waals surface area (Å²) in [5.74, 6) is -2.63. The van der Waals surface area contributed by atoms with E-state index in [2.05, 4.69) is 16.0 Å². The molecule has 0 saturated carbocycles. The zero-order valence-corrected chi connectivity index (χ0v) is 17.5. The number of aliphatic hydroxyl groups is 1. The predicted octanol–water partition coefficient (Wildman–Crippen LogP) is -1.25. The molecule has 11 nitrogen and oxygen atoms in total. The highest BCUT2D eigenvalue weighted by Crippen LogP contribution is 2.22. The van der Waals surface area contributed by atoms with Crippen LogP contribution in [-0.4, -0.2) is 64.2 Å². The highest BCUT2D eigenvalue weighted by atomic mass is 16.3. The van der Waals surface area contributed by atoms with E-state index in [0.717, 1.165) is 0 Å². The second-order valence-corrected chi connectivity index (χ2v) is 7.88. The average molecular weight is 445 g/mol. The Morgan fingerprint density at radius 3 is 2.59 bits per heavy atom. The second kappa shape index (κ2) is 10.2. The summed E-state index contributed by atoms with van der Waals surface area (Å²) in [5.41, 5.74) is 6.26. The van der Waals surface area contributed by atoms with Crippen molar-refractivity contribution in [1.82, 2.24) is 15.5 Å². The van der Waals surface area contributed by atoms with E-state index in [0.29, 0.717) is 30.5 Å². The lowest BCUT2D eigenvalue weighted by Gasteiger charge is -2.29. The fourth-order valence-electron chi connectivity index (χ4n) is 3.98. The normalized spacial score (nSPS) is 21.0. The zero-order chi connectivity index (χ0) is 23.3. The van der Waals surface area contributed by atoms with E-state index < -0.39 is 48.2 Å². The summed E-state index contributed by atoms with van der Waals surface area (Å²) in [6, 6.07) is 3.95. The summed E-state index contributed by atoms with van der Waals surface area (Å²) >= 11 is 0. The van der Waals surface area contributed by atoms with Crippen LogP contribution in [0.3, 0.4) is 0 Å². The van der Waals surface area contributed by atoms with Crippen molar-refractivity contribution in [3.63, 3.8) is 0 Å².